The second kappa shape index (κ2) is 6.02. The standard InChI is InChI=1S/C18H19ClO2/c1-17(2,20)12-13-18(21,14-6-4-3-5-7-14)15-8-10-16(19)11-9-15/h3-13,20-21H,1-2H3/b13-12+/t18-/m1/s1. The summed E-state index contributed by atoms with van der Waals surface area (Å²) in [5.74, 6) is 0. The van der Waals surface area contributed by atoms with Crippen molar-refractivity contribution in [2.24, 2.45) is 0 Å². The van der Waals surface area contributed by atoms with Gasteiger partial charge >= 0.3 is 0 Å². The van der Waals surface area contributed by atoms with Crippen molar-refractivity contribution in [3.8, 4) is 0 Å². The minimum Gasteiger partial charge on any atom is -0.386 e. The molecule has 0 saturated heterocycles. The Morgan fingerprint density at radius 2 is 1.33 bits per heavy atom. The van der Waals surface area contributed by atoms with Gasteiger partial charge in [-0.2, -0.15) is 0 Å². The van der Waals surface area contributed by atoms with Gasteiger partial charge in [0.15, 0.2) is 0 Å². The summed E-state index contributed by atoms with van der Waals surface area (Å²) in [6, 6.07) is 16.4. The fraction of sp³-hybridized carbons (Fsp3) is 0.222. The number of halogens is 1. The first kappa shape index (κ1) is 15.8. The minimum absolute atomic E-state index is 0.612. The molecule has 0 saturated carbocycles. The van der Waals surface area contributed by atoms with Gasteiger partial charge in [0.05, 0.1) is 5.60 Å². The van der Waals surface area contributed by atoms with Gasteiger partial charge in [0.1, 0.15) is 5.60 Å². The Morgan fingerprint density at radius 1 is 0.810 bits per heavy atom. The molecule has 0 spiro atoms. The molecular weight excluding hydrogens is 284 g/mol. The van der Waals surface area contributed by atoms with E-state index in [-0.39, 0.29) is 0 Å². The van der Waals surface area contributed by atoms with Gasteiger partial charge < -0.3 is 10.2 Å². The molecule has 0 bridgehead atoms. The Morgan fingerprint density at radius 3 is 1.86 bits per heavy atom. The van der Waals surface area contributed by atoms with Crippen molar-refractivity contribution in [2.45, 2.75) is 25.0 Å². The molecule has 0 aliphatic rings. The predicted octanol–water partition coefficient (Wildman–Crippen LogP) is 3.90. The average molecular weight is 303 g/mol. The second-order valence-electron chi connectivity index (χ2n) is 5.63. The van der Waals surface area contributed by atoms with Crippen molar-refractivity contribution in [1.29, 1.82) is 0 Å². The highest BCUT2D eigenvalue weighted by Crippen LogP contribution is 2.32. The van der Waals surface area contributed by atoms with Crippen molar-refractivity contribution in [3.63, 3.8) is 0 Å². The fourth-order valence-corrected chi connectivity index (χ4v) is 2.21. The third-order valence-corrected chi connectivity index (χ3v) is 3.48. The molecule has 2 nitrogen and oxygen atoms in total. The van der Waals surface area contributed by atoms with E-state index in [1.54, 1.807) is 50.3 Å². The first-order valence-electron chi connectivity index (χ1n) is 6.78. The Bertz CT molecular complexity index is 612. The van der Waals surface area contributed by atoms with E-state index in [4.69, 9.17) is 11.6 Å². The largest absolute Gasteiger partial charge is 0.386 e. The van der Waals surface area contributed by atoms with E-state index >= 15 is 0 Å². The summed E-state index contributed by atoms with van der Waals surface area (Å²) < 4.78 is 0. The summed E-state index contributed by atoms with van der Waals surface area (Å²) in [5, 5.41) is 21.7. The molecule has 2 aromatic rings. The summed E-state index contributed by atoms with van der Waals surface area (Å²) in [7, 11) is 0. The van der Waals surface area contributed by atoms with Crippen LogP contribution in [0, 0.1) is 0 Å². The molecule has 2 aromatic carbocycles. The molecule has 1 atom stereocenters. The van der Waals surface area contributed by atoms with E-state index < -0.39 is 11.2 Å². The lowest BCUT2D eigenvalue weighted by molar-refractivity contribution is 0.115. The summed E-state index contributed by atoms with van der Waals surface area (Å²) in [6.45, 7) is 3.33. The highest BCUT2D eigenvalue weighted by Gasteiger charge is 2.29. The van der Waals surface area contributed by atoms with Crippen LogP contribution in [-0.4, -0.2) is 15.8 Å². The Hall–Kier alpha value is -1.61. The van der Waals surface area contributed by atoms with Crippen LogP contribution in [0.4, 0.5) is 0 Å². The molecule has 2 rings (SSSR count). The number of hydrogen-bond donors (Lipinski definition) is 2. The monoisotopic (exact) mass is 302 g/mol. The van der Waals surface area contributed by atoms with Crippen LogP contribution in [0.2, 0.25) is 5.02 Å². The van der Waals surface area contributed by atoms with Crippen molar-refractivity contribution in [2.75, 3.05) is 0 Å². The average Bonchev–Trinajstić information content (AvgIpc) is 2.46. The maximum absolute atomic E-state index is 11.2. The topological polar surface area (TPSA) is 40.5 Å². The van der Waals surface area contributed by atoms with Crippen molar-refractivity contribution in [3.05, 3.63) is 82.9 Å². The van der Waals surface area contributed by atoms with Crippen molar-refractivity contribution < 1.29 is 10.2 Å². The summed E-state index contributed by atoms with van der Waals surface area (Å²) in [4.78, 5) is 0. The Kier molecular flexibility index (Phi) is 4.52. The first-order valence-corrected chi connectivity index (χ1v) is 7.16. The zero-order valence-electron chi connectivity index (χ0n) is 12.1. The third kappa shape index (κ3) is 3.94. The molecule has 110 valence electrons. The highest BCUT2D eigenvalue weighted by atomic mass is 35.5. The van der Waals surface area contributed by atoms with Gasteiger partial charge in [-0.05, 0) is 43.2 Å². The zero-order valence-corrected chi connectivity index (χ0v) is 12.9. The number of benzene rings is 2. The van der Waals surface area contributed by atoms with Crippen molar-refractivity contribution >= 4 is 11.6 Å². The van der Waals surface area contributed by atoms with Gasteiger partial charge in [-0.15, -0.1) is 0 Å². The number of hydrogen-bond acceptors (Lipinski definition) is 2. The van der Waals surface area contributed by atoms with E-state index in [9.17, 15) is 10.2 Å². The van der Waals surface area contributed by atoms with E-state index in [0.29, 0.717) is 10.6 Å². The summed E-state index contributed by atoms with van der Waals surface area (Å²) in [5.41, 5.74) is -0.896. The lowest BCUT2D eigenvalue weighted by Crippen LogP contribution is -2.26. The second-order valence-corrected chi connectivity index (χ2v) is 6.06. The van der Waals surface area contributed by atoms with Gasteiger partial charge in [0.25, 0.3) is 0 Å². The molecule has 0 amide bonds. The molecule has 0 aliphatic carbocycles. The van der Waals surface area contributed by atoms with Crippen LogP contribution >= 0.6 is 11.6 Å². The Balaban J connectivity index is 2.54. The molecule has 0 fully saturated rings. The van der Waals surface area contributed by atoms with Crippen LogP contribution in [-0.2, 0) is 5.60 Å². The van der Waals surface area contributed by atoms with Crippen LogP contribution in [0.15, 0.2) is 66.7 Å². The van der Waals surface area contributed by atoms with E-state index in [2.05, 4.69) is 0 Å². The zero-order chi connectivity index (χ0) is 15.5. The molecule has 0 aliphatic heterocycles. The van der Waals surface area contributed by atoms with Crippen LogP contribution in [0.25, 0.3) is 0 Å². The molecular formula is C18H19ClO2. The third-order valence-electron chi connectivity index (χ3n) is 3.23. The number of aliphatic hydroxyl groups is 2. The summed E-state index contributed by atoms with van der Waals surface area (Å²) >= 11 is 5.92. The van der Waals surface area contributed by atoms with Gasteiger partial charge in [0.2, 0.25) is 0 Å². The van der Waals surface area contributed by atoms with Gasteiger partial charge in [-0.1, -0.05) is 60.1 Å². The molecule has 21 heavy (non-hydrogen) atoms. The smallest absolute Gasteiger partial charge is 0.133 e. The SMILES string of the molecule is CC(C)(O)/C=C/[C@@](O)(c1ccccc1)c1ccc(Cl)cc1. The molecule has 3 heteroatoms. The normalized spacial score (nSPS) is 15.1. The molecule has 0 heterocycles. The highest BCUT2D eigenvalue weighted by molar-refractivity contribution is 6.30. The molecule has 0 unspecified atom stereocenters. The van der Waals surface area contributed by atoms with Crippen LogP contribution in [0.3, 0.4) is 0 Å². The summed E-state index contributed by atoms with van der Waals surface area (Å²) in [6.07, 6.45) is 3.21. The Labute approximate surface area is 130 Å². The van der Waals surface area contributed by atoms with Crippen LogP contribution in [0.5, 0.6) is 0 Å². The predicted molar refractivity (Wildman–Crippen MR) is 86.3 cm³/mol. The van der Waals surface area contributed by atoms with Crippen molar-refractivity contribution in [1.82, 2.24) is 0 Å². The lowest BCUT2D eigenvalue weighted by atomic mass is 9.85. The molecule has 0 aromatic heterocycles. The van der Waals surface area contributed by atoms with Gasteiger partial charge in [-0.25, -0.2) is 0 Å². The quantitative estimate of drug-likeness (QED) is 0.841. The molecule has 2 N–H and O–H groups in total. The van der Waals surface area contributed by atoms with Gasteiger partial charge in [-0.3, -0.25) is 0 Å². The maximum Gasteiger partial charge on any atom is 0.133 e. The minimum atomic E-state index is -1.31. The number of rotatable bonds is 4. The van der Waals surface area contributed by atoms with Crippen LogP contribution < -0.4 is 0 Å². The maximum atomic E-state index is 11.2. The van der Waals surface area contributed by atoms with E-state index in [1.807, 2.05) is 30.3 Å². The molecule has 0 radical (unpaired) electrons. The fourth-order valence-electron chi connectivity index (χ4n) is 2.08. The van der Waals surface area contributed by atoms with Crippen LogP contribution in [0.1, 0.15) is 25.0 Å². The lowest BCUT2D eigenvalue weighted by Gasteiger charge is -2.27. The van der Waals surface area contributed by atoms with Gasteiger partial charge in [0, 0.05) is 5.02 Å². The van der Waals surface area contributed by atoms with E-state index in [0.717, 1.165) is 5.56 Å². The first-order chi connectivity index (χ1) is 9.81. The van der Waals surface area contributed by atoms with E-state index in [1.165, 1.54) is 0 Å².